The number of nitrogens with zero attached hydrogens (tertiary/aromatic N) is 1. The van der Waals surface area contributed by atoms with Crippen LogP contribution in [0.15, 0.2) is 54.6 Å². The minimum atomic E-state index is -0.423. The molecule has 0 radical (unpaired) electrons. The molecule has 32 heavy (non-hydrogen) atoms. The normalized spacial score (nSPS) is 18.9. The maximum Gasteiger partial charge on any atom is 0.332 e. The van der Waals surface area contributed by atoms with Crippen LogP contribution in [0.2, 0.25) is 0 Å². The second-order valence-electron chi connectivity index (χ2n) is 9.40. The summed E-state index contributed by atoms with van der Waals surface area (Å²) in [4.78, 5) is 32.2. The van der Waals surface area contributed by atoms with Gasteiger partial charge in [0, 0.05) is 23.2 Å². The first kappa shape index (κ1) is 22.7. The van der Waals surface area contributed by atoms with E-state index < -0.39 is 5.92 Å². The van der Waals surface area contributed by atoms with Gasteiger partial charge in [-0.05, 0) is 44.2 Å². The number of benzene rings is 2. The van der Waals surface area contributed by atoms with E-state index in [1.165, 1.54) is 38.5 Å². The van der Waals surface area contributed by atoms with Gasteiger partial charge in [0.1, 0.15) is 0 Å². The van der Waals surface area contributed by atoms with Gasteiger partial charge in [0.15, 0.2) is 5.78 Å². The Balaban J connectivity index is 1.48. The van der Waals surface area contributed by atoms with E-state index in [2.05, 4.69) is 5.06 Å². The molecule has 2 fully saturated rings. The highest BCUT2D eigenvalue weighted by molar-refractivity contribution is 6.09. The maximum atomic E-state index is 13.2. The Morgan fingerprint density at radius 2 is 1.34 bits per heavy atom. The molecule has 2 aliphatic carbocycles. The smallest absolute Gasteiger partial charge is 0.332 e. The minimum Gasteiger partial charge on any atom is -0.367 e. The number of hydrogen-bond donors (Lipinski definition) is 0. The fourth-order valence-electron chi connectivity index (χ4n) is 5.14. The van der Waals surface area contributed by atoms with Crippen LogP contribution in [0.3, 0.4) is 0 Å². The molecular formula is C28H35NO3. The molecule has 0 heterocycles. The van der Waals surface area contributed by atoms with E-state index in [0.29, 0.717) is 23.2 Å². The molecule has 0 N–H and O–H groups in total. The fraction of sp³-hybridized carbons (Fsp3) is 0.500. The molecule has 4 rings (SSSR count). The van der Waals surface area contributed by atoms with E-state index in [4.69, 9.17) is 4.84 Å². The van der Waals surface area contributed by atoms with Crippen molar-refractivity contribution in [3.05, 3.63) is 71.3 Å². The summed E-state index contributed by atoms with van der Waals surface area (Å²) < 4.78 is 0. The lowest BCUT2D eigenvalue weighted by Gasteiger charge is -2.40. The molecule has 0 amide bonds. The molecular weight excluding hydrogens is 398 g/mol. The average Bonchev–Trinajstić information content (AvgIpc) is 2.88. The van der Waals surface area contributed by atoms with E-state index in [1.807, 2.05) is 61.5 Å². The first-order valence-corrected chi connectivity index (χ1v) is 12.3. The topological polar surface area (TPSA) is 46.6 Å². The monoisotopic (exact) mass is 433 g/mol. The highest BCUT2D eigenvalue weighted by atomic mass is 16.7. The molecule has 4 nitrogen and oxygen atoms in total. The minimum absolute atomic E-state index is 0.0287. The van der Waals surface area contributed by atoms with Crippen molar-refractivity contribution in [1.82, 2.24) is 5.06 Å². The van der Waals surface area contributed by atoms with Gasteiger partial charge in [-0.15, -0.1) is 5.06 Å². The number of ketones is 1. The Morgan fingerprint density at radius 1 is 0.781 bits per heavy atom. The molecule has 0 spiro atoms. The van der Waals surface area contributed by atoms with Crippen molar-refractivity contribution in [1.29, 1.82) is 0 Å². The molecule has 2 aliphatic rings. The van der Waals surface area contributed by atoms with Gasteiger partial charge in [-0.25, -0.2) is 4.79 Å². The first-order valence-electron chi connectivity index (χ1n) is 12.3. The summed E-state index contributed by atoms with van der Waals surface area (Å²) in [5, 5.41) is 2.08. The molecule has 0 saturated heterocycles. The van der Waals surface area contributed by atoms with Crippen LogP contribution in [0.25, 0.3) is 0 Å². The molecule has 1 unspecified atom stereocenters. The lowest BCUT2D eigenvalue weighted by Crippen LogP contribution is -2.46. The summed E-state index contributed by atoms with van der Waals surface area (Å²) >= 11 is 0. The average molecular weight is 434 g/mol. The SMILES string of the molecule is CC(C(=O)ON(C1CCCCC1)C1CCCCC1)c1cccc(C(=O)c2ccccc2)c1. The zero-order chi connectivity index (χ0) is 22.3. The van der Waals surface area contributed by atoms with Crippen molar-refractivity contribution in [2.24, 2.45) is 0 Å². The second kappa shape index (κ2) is 10.9. The molecule has 0 aromatic heterocycles. The van der Waals surface area contributed by atoms with E-state index in [-0.39, 0.29) is 11.8 Å². The molecule has 2 saturated carbocycles. The largest absolute Gasteiger partial charge is 0.367 e. The van der Waals surface area contributed by atoms with Crippen LogP contribution in [-0.2, 0) is 9.63 Å². The third-order valence-corrected chi connectivity index (χ3v) is 7.10. The molecule has 4 heteroatoms. The lowest BCUT2D eigenvalue weighted by molar-refractivity contribution is -0.224. The van der Waals surface area contributed by atoms with Crippen LogP contribution in [0.1, 0.15) is 98.5 Å². The third-order valence-electron chi connectivity index (χ3n) is 7.10. The number of carbonyl (C=O) groups is 2. The lowest BCUT2D eigenvalue weighted by atomic mass is 9.90. The van der Waals surface area contributed by atoms with Gasteiger partial charge < -0.3 is 4.84 Å². The Labute approximate surface area is 191 Å². The maximum absolute atomic E-state index is 13.2. The Hall–Kier alpha value is -2.46. The molecule has 2 aromatic rings. The van der Waals surface area contributed by atoms with Crippen molar-refractivity contribution in [2.75, 3.05) is 0 Å². The van der Waals surface area contributed by atoms with Crippen molar-refractivity contribution in [3.63, 3.8) is 0 Å². The van der Waals surface area contributed by atoms with E-state index >= 15 is 0 Å². The fourth-order valence-corrected chi connectivity index (χ4v) is 5.14. The van der Waals surface area contributed by atoms with Gasteiger partial charge in [-0.3, -0.25) is 4.79 Å². The highest BCUT2D eigenvalue weighted by Crippen LogP contribution is 2.31. The Bertz CT molecular complexity index is 880. The summed E-state index contributed by atoms with van der Waals surface area (Å²) in [5.41, 5.74) is 2.08. The predicted octanol–water partition coefficient (Wildman–Crippen LogP) is 6.45. The van der Waals surface area contributed by atoms with Crippen LogP contribution < -0.4 is 0 Å². The zero-order valence-corrected chi connectivity index (χ0v) is 19.2. The Morgan fingerprint density at radius 3 is 1.94 bits per heavy atom. The van der Waals surface area contributed by atoms with Crippen molar-refractivity contribution >= 4 is 11.8 Å². The highest BCUT2D eigenvalue weighted by Gasteiger charge is 2.33. The van der Waals surface area contributed by atoms with Crippen LogP contribution in [0.5, 0.6) is 0 Å². The standard InChI is InChI=1S/C28H35NO3/c1-21(23-14-11-15-24(20-23)27(30)22-12-5-2-6-13-22)28(31)32-29(25-16-7-3-8-17-25)26-18-9-4-10-19-26/h2,5-6,11-15,20-21,25-26H,3-4,7-10,16-19H2,1H3. The van der Waals surface area contributed by atoms with Crippen LogP contribution >= 0.6 is 0 Å². The Kier molecular flexibility index (Phi) is 7.75. The zero-order valence-electron chi connectivity index (χ0n) is 19.2. The molecule has 2 aromatic carbocycles. The van der Waals surface area contributed by atoms with Crippen LogP contribution in [0.4, 0.5) is 0 Å². The number of hydroxylamine groups is 2. The van der Waals surface area contributed by atoms with Gasteiger partial charge >= 0.3 is 5.97 Å². The van der Waals surface area contributed by atoms with E-state index in [0.717, 1.165) is 31.2 Å². The molecule has 1 atom stereocenters. The third kappa shape index (κ3) is 5.47. The van der Waals surface area contributed by atoms with Crippen LogP contribution in [0, 0.1) is 0 Å². The molecule has 170 valence electrons. The van der Waals surface area contributed by atoms with Crippen molar-refractivity contribution in [3.8, 4) is 0 Å². The van der Waals surface area contributed by atoms with Crippen LogP contribution in [-0.4, -0.2) is 28.9 Å². The van der Waals surface area contributed by atoms with Crippen molar-refractivity contribution in [2.45, 2.75) is 89.1 Å². The molecule has 0 bridgehead atoms. The second-order valence-corrected chi connectivity index (χ2v) is 9.40. The van der Waals surface area contributed by atoms with E-state index in [1.54, 1.807) is 0 Å². The predicted molar refractivity (Wildman–Crippen MR) is 126 cm³/mol. The summed E-state index contributed by atoms with van der Waals surface area (Å²) in [7, 11) is 0. The van der Waals surface area contributed by atoms with Gasteiger partial charge in [0.2, 0.25) is 0 Å². The number of carbonyl (C=O) groups excluding carboxylic acids is 2. The number of hydrogen-bond acceptors (Lipinski definition) is 4. The van der Waals surface area contributed by atoms with Gasteiger partial charge in [-0.1, -0.05) is 87.1 Å². The summed E-state index contributed by atoms with van der Waals surface area (Å²) in [6.07, 6.45) is 11.9. The molecule has 0 aliphatic heterocycles. The summed E-state index contributed by atoms with van der Waals surface area (Å²) in [6.45, 7) is 1.88. The van der Waals surface area contributed by atoms with Gasteiger partial charge in [0.25, 0.3) is 0 Å². The summed E-state index contributed by atoms with van der Waals surface area (Å²) in [6, 6.07) is 17.4. The van der Waals surface area contributed by atoms with Gasteiger partial charge in [0.05, 0.1) is 5.92 Å². The summed E-state index contributed by atoms with van der Waals surface area (Å²) in [5.74, 6) is -0.669. The van der Waals surface area contributed by atoms with Gasteiger partial charge in [-0.2, -0.15) is 0 Å². The quantitative estimate of drug-likeness (QED) is 0.372. The van der Waals surface area contributed by atoms with Crippen molar-refractivity contribution < 1.29 is 14.4 Å². The number of rotatable bonds is 7. The van der Waals surface area contributed by atoms with E-state index in [9.17, 15) is 9.59 Å². The first-order chi connectivity index (χ1) is 15.6.